The van der Waals surface area contributed by atoms with E-state index in [-0.39, 0.29) is 0 Å². The summed E-state index contributed by atoms with van der Waals surface area (Å²) >= 11 is 7.13. The number of thiazole rings is 1. The standard InChI is InChI=1S/C10H10ClN3S/c11-9-2-1-8(7-13-9)3-4-14-5-6-15-10(14)12/h1-2,5-7,12H,3-4H2. The average Bonchev–Trinajstić information content (AvgIpc) is 2.63. The van der Waals surface area contributed by atoms with E-state index in [2.05, 4.69) is 4.98 Å². The molecule has 0 bridgehead atoms. The summed E-state index contributed by atoms with van der Waals surface area (Å²) in [4.78, 5) is 4.59. The van der Waals surface area contributed by atoms with E-state index in [1.165, 1.54) is 11.3 Å². The number of nitrogens with zero attached hydrogens (tertiary/aromatic N) is 2. The molecule has 15 heavy (non-hydrogen) atoms. The Morgan fingerprint density at radius 2 is 2.33 bits per heavy atom. The lowest BCUT2D eigenvalue weighted by molar-refractivity contribution is 0.669. The van der Waals surface area contributed by atoms with Gasteiger partial charge in [0.1, 0.15) is 5.15 Å². The summed E-state index contributed by atoms with van der Waals surface area (Å²) in [5.74, 6) is 0. The van der Waals surface area contributed by atoms with Gasteiger partial charge in [0.15, 0.2) is 4.80 Å². The normalized spacial score (nSPS) is 10.5. The van der Waals surface area contributed by atoms with Crippen molar-refractivity contribution < 1.29 is 0 Å². The second kappa shape index (κ2) is 4.59. The first-order chi connectivity index (χ1) is 7.25. The van der Waals surface area contributed by atoms with Crippen LogP contribution in [0.2, 0.25) is 5.15 Å². The number of nitrogens with one attached hydrogen (secondary N) is 1. The summed E-state index contributed by atoms with van der Waals surface area (Å²) in [7, 11) is 0. The van der Waals surface area contributed by atoms with Gasteiger partial charge in [-0.3, -0.25) is 5.41 Å². The van der Waals surface area contributed by atoms with Crippen molar-refractivity contribution in [2.24, 2.45) is 0 Å². The summed E-state index contributed by atoms with van der Waals surface area (Å²) < 4.78 is 1.92. The van der Waals surface area contributed by atoms with E-state index in [1.807, 2.05) is 22.2 Å². The average molecular weight is 240 g/mol. The molecule has 2 aromatic rings. The molecule has 0 amide bonds. The number of hydrogen-bond donors (Lipinski definition) is 1. The van der Waals surface area contributed by atoms with Crippen LogP contribution in [0, 0.1) is 5.41 Å². The van der Waals surface area contributed by atoms with Crippen LogP contribution in [-0.4, -0.2) is 9.55 Å². The van der Waals surface area contributed by atoms with Crippen molar-refractivity contribution in [3.63, 3.8) is 0 Å². The monoisotopic (exact) mass is 239 g/mol. The summed E-state index contributed by atoms with van der Waals surface area (Å²) in [6.07, 6.45) is 4.58. The number of hydrogen-bond acceptors (Lipinski definition) is 3. The van der Waals surface area contributed by atoms with Crippen LogP contribution in [0.4, 0.5) is 0 Å². The smallest absolute Gasteiger partial charge is 0.181 e. The van der Waals surface area contributed by atoms with Crippen molar-refractivity contribution >= 4 is 22.9 Å². The predicted molar refractivity (Wildman–Crippen MR) is 61.1 cm³/mol. The van der Waals surface area contributed by atoms with E-state index < -0.39 is 0 Å². The van der Waals surface area contributed by atoms with Crippen LogP contribution in [0.5, 0.6) is 0 Å². The molecule has 3 nitrogen and oxygen atoms in total. The van der Waals surface area contributed by atoms with Crippen LogP contribution in [0.25, 0.3) is 0 Å². The number of halogens is 1. The first-order valence-electron chi connectivity index (χ1n) is 4.54. The quantitative estimate of drug-likeness (QED) is 0.821. The summed E-state index contributed by atoms with van der Waals surface area (Å²) in [5.41, 5.74) is 1.14. The molecule has 0 aromatic carbocycles. The van der Waals surface area contributed by atoms with Crippen LogP contribution < -0.4 is 4.80 Å². The second-order valence-corrected chi connectivity index (χ2v) is 4.42. The minimum Gasteiger partial charge on any atom is -0.324 e. The van der Waals surface area contributed by atoms with Gasteiger partial charge in [0, 0.05) is 24.3 Å². The Balaban J connectivity index is 2.02. The fourth-order valence-corrected chi connectivity index (χ4v) is 2.02. The third-order valence-corrected chi connectivity index (χ3v) is 3.05. The van der Waals surface area contributed by atoms with E-state index in [0.29, 0.717) is 9.95 Å². The van der Waals surface area contributed by atoms with Gasteiger partial charge in [-0.05, 0) is 18.1 Å². The lowest BCUT2D eigenvalue weighted by atomic mass is 10.2. The molecule has 0 aliphatic heterocycles. The lowest BCUT2D eigenvalue weighted by Crippen LogP contribution is -2.13. The second-order valence-electron chi connectivity index (χ2n) is 3.14. The Morgan fingerprint density at radius 1 is 1.47 bits per heavy atom. The molecule has 0 radical (unpaired) electrons. The number of aryl methyl sites for hydroxylation is 2. The Bertz CT molecular complexity index is 486. The fraction of sp³-hybridized carbons (Fsp3) is 0.200. The lowest BCUT2D eigenvalue weighted by Gasteiger charge is -2.02. The highest BCUT2D eigenvalue weighted by Gasteiger charge is 1.97. The maximum Gasteiger partial charge on any atom is 0.181 e. The van der Waals surface area contributed by atoms with Crippen molar-refractivity contribution in [1.82, 2.24) is 9.55 Å². The van der Waals surface area contributed by atoms with Gasteiger partial charge >= 0.3 is 0 Å². The number of aromatic nitrogens is 2. The molecule has 0 saturated heterocycles. The fourth-order valence-electron chi connectivity index (χ4n) is 1.28. The summed E-state index contributed by atoms with van der Waals surface area (Å²) in [6.45, 7) is 0.811. The third kappa shape index (κ3) is 2.67. The van der Waals surface area contributed by atoms with Crippen molar-refractivity contribution in [3.8, 4) is 0 Å². The highest BCUT2D eigenvalue weighted by Crippen LogP contribution is 2.06. The van der Waals surface area contributed by atoms with Crippen molar-refractivity contribution in [3.05, 3.63) is 45.4 Å². The molecule has 0 saturated carbocycles. The molecule has 0 aliphatic carbocycles. The zero-order valence-corrected chi connectivity index (χ0v) is 9.55. The van der Waals surface area contributed by atoms with Crippen molar-refractivity contribution in [2.75, 3.05) is 0 Å². The van der Waals surface area contributed by atoms with Crippen molar-refractivity contribution in [1.29, 1.82) is 5.41 Å². The third-order valence-electron chi connectivity index (χ3n) is 2.11. The van der Waals surface area contributed by atoms with Crippen LogP contribution in [0.3, 0.4) is 0 Å². The van der Waals surface area contributed by atoms with E-state index in [1.54, 1.807) is 12.3 Å². The van der Waals surface area contributed by atoms with Crippen LogP contribution in [0.1, 0.15) is 5.56 Å². The minimum absolute atomic E-state index is 0.517. The highest BCUT2D eigenvalue weighted by atomic mass is 35.5. The molecule has 0 unspecified atom stereocenters. The van der Waals surface area contributed by atoms with E-state index in [9.17, 15) is 0 Å². The first kappa shape index (κ1) is 10.4. The van der Waals surface area contributed by atoms with Crippen LogP contribution in [-0.2, 0) is 13.0 Å². The Labute approximate surface area is 96.5 Å². The predicted octanol–water partition coefficient (Wildman–Crippen LogP) is 2.32. The van der Waals surface area contributed by atoms with Gasteiger partial charge in [-0.2, -0.15) is 0 Å². The molecule has 78 valence electrons. The molecule has 2 aromatic heterocycles. The molecule has 0 aliphatic rings. The van der Waals surface area contributed by atoms with Crippen molar-refractivity contribution in [2.45, 2.75) is 13.0 Å². The molecule has 2 rings (SSSR count). The topological polar surface area (TPSA) is 41.7 Å². The molecule has 0 fully saturated rings. The van der Waals surface area contributed by atoms with E-state index in [4.69, 9.17) is 17.0 Å². The Morgan fingerprint density at radius 3 is 2.93 bits per heavy atom. The zero-order valence-electron chi connectivity index (χ0n) is 7.98. The van der Waals surface area contributed by atoms with Crippen LogP contribution >= 0.6 is 22.9 Å². The SMILES string of the molecule is N=c1sccn1CCc1ccc(Cl)nc1. The van der Waals surface area contributed by atoms with Gasteiger partial charge in [-0.15, -0.1) is 11.3 Å². The molecular weight excluding hydrogens is 230 g/mol. The molecule has 0 atom stereocenters. The highest BCUT2D eigenvalue weighted by molar-refractivity contribution is 7.06. The number of pyridine rings is 1. The minimum atomic E-state index is 0.517. The van der Waals surface area contributed by atoms with Gasteiger partial charge in [0.05, 0.1) is 0 Å². The largest absolute Gasteiger partial charge is 0.324 e. The van der Waals surface area contributed by atoms with E-state index in [0.717, 1.165) is 18.5 Å². The summed E-state index contributed by atoms with van der Waals surface area (Å²) in [5, 5.41) is 10.0. The maximum atomic E-state index is 7.60. The van der Waals surface area contributed by atoms with E-state index >= 15 is 0 Å². The van der Waals surface area contributed by atoms with Gasteiger partial charge in [0.25, 0.3) is 0 Å². The number of rotatable bonds is 3. The van der Waals surface area contributed by atoms with Gasteiger partial charge in [0.2, 0.25) is 0 Å². The van der Waals surface area contributed by atoms with Gasteiger partial charge in [-0.25, -0.2) is 4.98 Å². The van der Waals surface area contributed by atoms with Crippen LogP contribution in [0.15, 0.2) is 29.9 Å². The maximum absolute atomic E-state index is 7.60. The first-order valence-corrected chi connectivity index (χ1v) is 5.80. The molecule has 5 heteroatoms. The zero-order chi connectivity index (χ0) is 10.7. The molecule has 2 heterocycles. The Kier molecular flexibility index (Phi) is 3.18. The van der Waals surface area contributed by atoms with Gasteiger partial charge < -0.3 is 4.57 Å². The summed E-state index contributed by atoms with van der Waals surface area (Å²) in [6, 6.07) is 3.75. The molecule has 0 spiro atoms. The van der Waals surface area contributed by atoms with Gasteiger partial charge in [-0.1, -0.05) is 17.7 Å². The molecule has 1 N–H and O–H groups in total. The Hall–Kier alpha value is -1.13. The molecular formula is C10H10ClN3S.